The maximum Gasteiger partial charge on any atom is 0.416 e. The first kappa shape index (κ1) is 13.7. The van der Waals surface area contributed by atoms with Gasteiger partial charge >= 0.3 is 6.18 Å². The molecule has 1 heterocycles. The lowest BCUT2D eigenvalue weighted by Gasteiger charge is -2.11. The highest BCUT2D eigenvalue weighted by Gasteiger charge is 2.31. The van der Waals surface area contributed by atoms with E-state index in [4.69, 9.17) is 11.6 Å². The molecule has 2 rings (SSSR count). The van der Waals surface area contributed by atoms with Crippen LogP contribution in [0.15, 0.2) is 36.4 Å². The van der Waals surface area contributed by atoms with Gasteiger partial charge in [-0.15, -0.1) is 0 Å². The number of anilines is 1. The van der Waals surface area contributed by atoms with E-state index in [2.05, 4.69) is 10.3 Å². The Labute approximate surface area is 113 Å². The van der Waals surface area contributed by atoms with Gasteiger partial charge in [0.25, 0.3) is 0 Å². The summed E-state index contributed by atoms with van der Waals surface area (Å²) in [4.78, 5) is 4.11. The summed E-state index contributed by atoms with van der Waals surface area (Å²) in [5.74, 6) is 0.166. The van der Waals surface area contributed by atoms with Crippen LogP contribution in [-0.2, 0) is 6.18 Å². The summed E-state index contributed by atoms with van der Waals surface area (Å²) >= 11 is 5.75. The number of nitrogens with zero attached hydrogens (tertiary/aromatic N) is 1. The van der Waals surface area contributed by atoms with Gasteiger partial charge in [-0.05, 0) is 24.3 Å². The SMILES string of the molecule is CNc1cc(C(F)(F)F)cc(-c2ccc(Cl)cc2)n1. The lowest BCUT2D eigenvalue weighted by Crippen LogP contribution is -2.07. The van der Waals surface area contributed by atoms with Crippen molar-refractivity contribution in [2.24, 2.45) is 0 Å². The van der Waals surface area contributed by atoms with Gasteiger partial charge in [0, 0.05) is 17.6 Å². The number of rotatable bonds is 2. The first-order chi connectivity index (χ1) is 8.90. The second-order valence-electron chi connectivity index (χ2n) is 3.88. The zero-order valence-corrected chi connectivity index (χ0v) is 10.7. The van der Waals surface area contributed by atoms with Gasteiger partial charge in [-0.3, -0.25) is 0 Å². The first-order valence-corrected chi connectivity index (χ1v) is 5.81. The summed E-state index contributed by atoms with van der Waals surface area (Å²) in [6.45, 7) is 0. The second-order valence-corrected chi connectivity index (χ2v) is 4.32. The van der Waals surface area contributed by atoms with E-state index in [0.717, 1.165) is 12.1 Å². The van der Waals surface area contributed by atoms with Gasteiger partial charge in [0.2, 0.25) is 0 Å². The molecule has 19 heavy (non-hydrogen) atoms. The number of hydrogen-bond donors (Lipinski definition) is 1. The molecule has 1 aromatic carbocycles. The molecule has 0 spiro atoms. The van der Waals surface area contributed by atoms with Crippen molar-refractivity contribution in [1.82, 2.24) is 4.98 Å². The van der Waals surface area contributed by atoms with Crippen molar-refractivity contribution >= 4 is 17.4 Å². The summed E-state index contributed by atoms with van der Waals surface area (Å²) in [6, 6.07) is 8.47. The zero-order valence-electron chi connectivity index (χ0n) is 9.92. The molecule has 0 atom stereocenters. The van der Waals surface area contributed by atoms with Gasteiger partial charge in [0.1, 0.15) is 5.82 Å². The van der Waals surface area contributed by atoms with Gasteiger partial charge in [-0.1, -0.05) is 23.7 Å². The fourth-order valence-corrected chi connectivity index (χ4v) is 1.72. The molecule has 0 bridgehead atoms. The van der Waals surface area contributed by atoms with Crippen LogP contribution in [0.4, 0.5) is 19.0 Å². The number of hydrogen-bond acceptors (Lipinski definition) is 2. The molecule has 0 radical (unpaired) electrons. The average Bonchev–Trinajstić information content (AvgIpc) is 2.38. The van der Waals surface area contributed by atoms with Gasteiger partial charge < -0.3 is 5.32 Å². The lowest BCUT2D eigenvalue weighted by atomic mass is 10.1. The Morgan fingerprint density at radius 3 is 2.26 bits per heavy atom. The third-order valence-corrected chi connectivity index (χ3v) is 2.80. The molecule has 0 unspecified atom stereocenters. The predicted molar refractivity (Wildman–Crippen MR) is 69.2 cm³/mol. The molecule has 2 aromatic rings. The smallest absolute Gasteiger partial charge is 0.373 e. The molecular weight excluding hydrogens is 277 g/mol. The quantitative estimate of drug-likeness (QED) is 0.881. The number of alkyl halides is 3. The van der Waals surface area contributed by atoms with E-state index in [1.54, 1.807) is 24.3 Å². The molecule has 100 valence electrons. The predicted octanol–water partition coefficient (Wildman–Crippen LogP) is 4.46. The summed E-state index contributed by atoms with van der Waals surface area (Å²) in [6.07, 6.45) is -4.41. The monoisotopic (exact) mass is 286 g/mol. The Hall–Kier alpha value is -1.75. The van der Waals surface area contributed by atoms with Crippen LogP contribution in [0.2, 0.25) is 5.02 Å². The van der Waals surface area contributed by atoms with Crippen molar-refractivity contribution in [2.45, 2.75) is 6.18 Å². The normalized spacial score (nSPS) is 11.4. The van der Waals surface area contributed by atoms with Crippen LogP contribution in [-0.4, -0.2) is 12.0 Å². The molecule has 2 nitrogen and oxygen atoms in total. The van der Waals surface area contributed by atoms with Gasteiger partial charge in [-0.25, -0.2) is 4.98 Å². The Balaban J connectivity index is 2.54. The molecule has 0 fully saturated rings. The van der Waals surface area contributed by atoms with E-state index in [1.165, 1.54) is 7.05 Å². The van der Waals surface area contributed by atoms with E-state index < -0.39 is 11.7 Å². The van der Waals surface area contributed by atoms with Gasteiger partial charge in [0.05, 0.1) is 11.3 Å². The Morgan fingerprint density at radius 1 is 1.11 bits per heavy atom. The number of nitrogens with one attached hydrogen (secondary N) is 1. The second kappa shape index (κ2) is 5.09. The van der Waals surface area contributed by atoms with Crippen molar-refractivity contribution in [1.29, 1.82) is 0 Å². The van der Waals surface area contributed by atoms with Gasteiger partial charge in [-0.2, -0.15) is 13.2 Å². The van der Waals surface area contributed by atoms with Crippen molar-refractivity contribution in [3.8, 4) is 11.3 Å². The fraction of sp³-hybridized carbons (Fsp3) is 0.154. The lowest BCUT2D eigenvalue weighted by molar-refractivity contribution is -0.137. The molecule has 0 saturated heterocycles. The van der Waals surface area contributed by atoms with Crippen molar-refractivity contribution in [3.05, 3.63) is 47.0 Å². The Bertz CT molecular complexity index is 579. The summed E-state index contributed by atoms with van der Waals surface area (Å²) in [7, 11) is 1.52. The third-order valence-electron chi connectivity index (χ3n) is 2.55. The highest BCUT2D eigenvalue weighted by atomic mass is 35.5. The van der Waals surface area contributed by atoms with E-state index in [9.17, 15) is 13.2 Å². The number of aromatic nitrogens is 1. The molecule has 6 heteroatoms. The van der Waals surface area contributed by atoms with Crippen LogP contribution < -0.4 is 5.32 Å². The number of benzene rings is 1. The molecular formula is C13H10ClF3N2. The molecule has 0 saturated carbocycles. The minimum atomic E-state index is -4.41. The van der Waals surface area contributed by atoms with Crippen molar-refractivity contribution < 1.29 is 13.2 Å². The highest BCUT2D eigenvalue weighted by molar-refractivity contribution is 6.30. The summed E-state index contributed by atoms with van der Waals surface area (Å²) in [5.41, 5.74) is 0.0830. The topological polar surface area (TPSA) is 24.9 Å². The highest BCUT2D eigenvalue weighted by Crippen LogP contribution is 2.33. The molecule has 1 aromatic heterocycles. The van der Waals surface area contributed by atoms with Crippen LogP contribution >= 0.6 is 11.6 Å². The Morgan fingerprint density at radius 2 is 1.74 bits per heavy atom. The van der Waals surface area contributed by atoms with Gasteiger partial charge in [0.15, 0.2) is 0 Å². The van der Waals surface area contributed by atoms with Crippen LogP contribution in [0.25, 0.3) is 11.3 Å². The molecule has 1 N–H and O–H groups in total. The minimum absolute atomic E-state index is 0.166. The summed E-state index contributed by atoms with van der Waals surface area (Å²) in [5, 5.41) is 3.14. The van der Waals surface area contributed by atoms with E-state index in [1.807, 2.05) is 0 Å². The largest absolute Gasteiger partial charge is 0.416 e. The van der Waals surface area contributed by atoms with Crippen LogP contribution in [0, 0.1) is 0 Å². The standard InChI is InChI=1S/C13H10ClF3N2/c1-18-12-7-9(13(15,16)17)6-11(19-12)8-2-4-10(14)5-3-8/h2-7H,1H3,(H,18,19). The van der Waals surface area contributed by atoms with E-state index >= 15 is 0 Å². The average molecular weight is 287 g/mol. The minimum Gasteiger partial charge on any atom is -0.373 e. The van der Waals surface area contributed by atoms with Crippen molar-refractivity contribution in [3.63, 3.8) is 0 Å². The molecule has 0 aliphatic heterocycles. The van der Waals surface area contributed by atoms with Crippen LogP contribution in [0.1, 0.15) is 5.56 Å². The molecule has 0 aliphatic carbocycles. The van der Waals surface area contributed by atoms with Crippen LogP contribution in [0.3, 0.4) is 0 Å². The van der Waals surface area contributed by atoms with Crippen molar-refractivity contribution in [2.75, 3.05) is 12.4 Å². The summed E-state index contributed by atoms with van der Waals surface area (Å²) < 4.78 is 38.4. The number of halogens is 4. The zero-order chi connectivity index (χ0) is 14.0. The first-order valence-electron chi connectivity index (χ1n) is 5.43. The maximum absolute atomic E-state index is 12.8. The fourth-order valence-electron chi connectivity index (χ4n) is 1.59. The third kappa shape index (κ3) is 3.17. The molecule has 0 aliphatic rings. The molecule has 0 amide bonds. The van der Waals surface area contributed by atoms with Crippen LogP contribution in [0.5, 0.6) is 0 Å². The maximum atomic E-state index is 12.8. The van der Waals surface area contributed by atoms with E-state index in [-0.39, 0.29) is 11.5 Å². The Kier molecular flexibility index (Phi) is 3.66. The number of pyridine rings is 1. The van der Waals surface area contributed by atoms with E-state index in [0.29, 0.717) is 10.6 Å².